The molecular weight excluding hydrogens is 288 g/mol. The van der Waals surface area contributed by atoms with E-state index in [1.54, 1.807) is 23.8 Å². The maximum absolute atomic E-state index is 12.4. The summed E-state index contributed by atoms with van der Waals surface area (Å²) in [5.41, 5.74) is 6.06. The molecule has 4 nitrogen and oxygen atoms in total. The number of rotatable bonds is 4. The third-order valence-electron chi connectivity index (χ3n) is 2.73. The van der Waals surface area contributed by atoms with Crippen molar-refractivity contribution in [3.05, 3.63) is 33.8 Å². The second-order valence-corrected chi connectivity index (χ2v) is 8.03. The van der Waals surface area contributed by atoms with Crippen molar-refractivity contribution in [1.82, 2.24) is 4.31 Å². The first kappa shape index (κ1) is 13.5. The van der Waals surface area contributed by atoms with Crippen LogP contribution in [0.3, 0.4) is 0 Å². The molecule has 0 spiro atoms. The third-order valence-corrected chi connectivity index (χ3v) is 7.13. The van der Waals surface area contributed by atoms with Gasteiger partial charge in [0.05, 0.1) is 6.04 Å². The van der Waals surface area contributed by atoms with Crippen LogP contribution >= 0.6 is 22.7 Å². The minimum Gasteiger partial charge on any atom is -0.398 e. The number of nitrogens with two attached hydrogens (primary N) is 1. The fourth-order valence-corrected chi connectivity index (χ4v) is 5.02. The highest BCUT2D eigenvalue weighted by Gasteiger charge is 2.27. The first-order valence-corrected chi connectivity index (χ1v) is 8.48. The minimum atomic E-state index is -3.46. The van der Waals surface area contributed by atoms with E-state index < -0.39 is 10.0 Å². The molecule has 98 valence electrons. The molecule has 0 aliphatic carbocycles. The van der Waals surface area contributed by atoms with Crippen molar-refractivity contribution in [1.29, 1.82) is 0 Å². The van der Waals surface area contributed by atoms with Crippen molar-refractivity contribution in [2.75, 3.05) is 12.8 Å². The average Bonchev–Trinajstić information content (AvgIpc) is 2.97. The maximum atomic E-state index is 12.4. The van der Waals surface area contributed by atoms with Gasteiger partial charge >= 0.3 is 0 Å². The zero-order chi connectivity index (χ0) is 13.3. The van der Waals surface area contributed by atoms with Crippen molar-refractivity contribution in [3.8, 4) is 0 Å². The van der Waals surface area contributed by atoms with E-state index >= 15 is 0 Å². The van der Waals surface area contributed by atoms with Gasteiger partial charge in [-0.25, -0.2) is 8.42 Å². The van der Waals surface area contributed by atoms with Gasteiger partial charge in [-0.15, -0.1) is 22.7 Å². The predicted octanol–water partition coefficient (Wildman–Crippen LogP) is 2.77. The normalized spacial score (nSPS) is 13.9. The lowest BCUT2D eigenvalue weighted by molar-refractivity contribution is 0.404. The highest BCUT2D eigenvalue weighted by atomic mass is 32.2. The summed E-state index contributed by atoms with van der Waals surface area (Å²) in [5, 5.41) is 3.58. The fraction of sp³-hybridized carbons (Fsp3) is 0.273. The number of thiophene rings is 2. The van der Waals surface area contributed by atoms with Crippen molar-refractivity contribution >= 4 is 38.4 Å². The lowest BCUT2D eigenvalue weighted by Gasteiger charge is -2.22. The van der Waals surface area contributed by atoms with Gasteiger partial charge in [-0.2, -0.15) is 4.31 Å². The lowest BCUT2D eigenvalue weighted by Crippen LogP contribution is -2.28. The molecule has 0 saturated carbocycles. The standard InChI is InChI=1S/C11H14N2O2S3/c1-8(10-4-3-5-16-10)13(2)18(14,15)11-6-9(12)7-17-11/h3-8H,12H2,1-2H3. The van der Waals surface area contributed by atoms with Gasteiger partial charge in [-0.05, 0) is 24.4 Å². The number of nitrogens with zero attached hydrogens (tertiary/aromatic N) is 1. The second-order valence-electron chi connectivity index (χ2n) is 3.91. The van der Waals surface area contributed by atoms with Crippen molar-refractivity contribution in [3.63, 3.8) is 0 Å². The van der Waals surface area contributed by atoms with Gasteiger partial charge in [0.1, 0.15) is 4.21 Å². The van der Waals surface area contributed by atoms with Crippen LogP contribution < -0.4 is 5.73 Å². The first-order chi connectivity index (χ1) is 8.43. The number of sulfonamides is 1. The molecule has 0 aliphatic heterocycles. The quantitative estimate of drug-likeness (QED) is 0.944. The van der Waals surface area contributed by atoms with E-state index in [1.807, 2.05) is 24.4 Å². The number of nitrogen functional groups attached to an aromatic ring is 1. The summed E-state index contributed by atoms with van der Waals surface area (Å²) in [5.74, 6) is 0. The van der Waals surface area contributed by atoms with Gasteiger partial charge in [0, 0.05) is 23.0 Å². The topological polar surface area (TPSA) is 63.4 Å². The monoisotopic (exact) mass is 302 g/mol. The Morgan fingerprint density at radius 3 is 2.61 bits per heavy atom. The van der Waals surface area contributed by atoms with Crippen LogP contribution in [-0.2, 0) is 10.0 Å². The summed E-state index contributed by atoms with van der Waals surface area (Å²) >= 11 is 2.70. The largest absolute Gasteiger partial charge is 0.398 e. The zero-order valence-corrected chi connectivity index (χ0v) is 12.5. The molecule has 7 heteroatoms. The summed E-state index contributed by atoms with van der Waals surface area (Å²) in [6.45, 7) is 1.88. The number of hydrogen-bond donors (Lipinski definition) is 1. The highest BCUT2D eigenvalue weighted by Crippen LogP contribution is 2.31. The average molecular weight is 302 g/mol. The minimum absolute atomic E-state index is 0.182. The van der Waals surface area contributed by atoms with Crippen LogP contribution in [0.5, 0.6) is 0 Å². The summed E-state index contributed by atoms with van der Waals surface area (Å²) in [7, 11) is -1.87. The van der Waals surface area contributed by atoms with Gasteiger partial charge in [0.2, 0.25) is 0 Å². The molecule has 2 heterocycles. The molecule has 0 aromatic carbocycles. The molecular formula is C11H14N2O2S3. The smallest absolute Gasteiger partial charge is 0.252 e. The molecule has 2 N–H and O–H groups in total. The molecule has 2 aromatic heterocycles. The molecule has 1 unspecified atom stereocenters. The SMILES string of the molecule is CC(c1cccs1)N(C)S(=O)(=O)c1cc(N)cs1. The van der Waals surface area contributed by atoms with E-state index in [1.165, 1.54) is 10.4 Å². The fourth-order valence-electron chi connectivity index (χ4n) is 1.52. The lowest BCUT2D eigenvalue weighted by atomic mass is 10.3. The van der Waals surface area contributed by atoms with Crippen LogP contribution in [0.15, 0.2) is 33.2 Å². The maximum Gasteiger partial charge on any atom is 0.252 e. The predicted molar refractivity (Wildman–Crippen MR) is 76.4 cm³/mol. The van der Waals surface area contributed by atoms with E-state index in [2.05, 4.69) is 0 Å². The van der Waals surface area contributed by atoms with Crippen molar-refractivity contribution in [2.24, 2.45) is 0 Å². The Hall–Kier alpha value is -0.890. The Balaban J connectivity index is 2.31. The van der Waals surface area contributed by atoms with Crippen LogP contribution in [0.25, 0.3) is 0 Å². The van der Waals surface area contributed by atoms with Crippen molar-refractivity contribution < 1.29 is 8.42 Å². The van der Waals surface area contributed by atoms with Gasteiger partial charge in [-0.3, -0.25) is 0 Å². The molecule has 0 saturated heterocycles. The van der Waals surface area contributed by atoms with E-state index in [0.717, 1.165) is 16.2 Å². The molecule has 0 fully saturated rings. The van der Waals surface area contributed by atoms with E-state index in [-0.39, 0.29) is 10.3 Å². The molecule has 0 radical (unpaired) electrons. The Kier molecular flexibility index (Phi) is 3.76. The van der Waals surface area contributed by atoms with E-state index in [4.69, 9.17) is 5.73 Å². The van der Waals surface area contributed by atoms with Gasteiger partial charge in [-0.1, -0.05) is 6.07 Å². The highest BCUT2D eigenvalue weighted by molar-refractivity contribution is 7.91. The summed E-state index contributed by atoms with van der Waals surface area (Å²) in [6.07, 6.45) is 0. The first-order valence-electron chi connectivity index (χ1n) is 5.28. The van der Waals surface area contributed by atoms with Gasteiger partial charge in [0.25, 0.3) is 10.0 Å². The Morgan fingerprint density at radius 2 is 2.11 bits per heavy atom. The van der Waals surface area contributed by atoms with Crippen LogP contribution in [0, 0.1) is 0 Å². The van der Waals surface area contributed by atoms with Crippen LogP contribution in [0.1, 0.15) is 17.8 Å². The van der Waals surface area contributed by atoms with Gasteiger partial charge < -0.3 is 5.73 Å². The van der Waals surface area contributed by atoms with Crippen LogP contribution in [-0.4, -0.2) is 19.8 Å². The Bertz CT molecular complexity index is 617. The number of anilines is 1. The van der Waals surface area contributed by atoms with Gasteiger partial charge in [0.15, 0.2) is 0 Å². The molecule has 0 aliphatic rings. The molecule has 0 bridgehead atoms. The summed E-state index contributed by atoms with van der Waals surface area (Å²) < 4.78 is 26.4. The second kappa shape index (κ2) is 5.00. The molecule has 2 aromatic rings. The molecule has 1 atom stereocenters. The third kappa shape index (κ3) is 2.44. The molecule has 0 amide bonds. The van der Waals surface area contributed by atoms with E-state index in [9.17, 15) is 8.42 Å². The van der Waals surface area contributed by atoms with Crippen molar-refractivity contribution in [2.45, 2.75) is 17.2 Å². The molecule has 2 rings (SSSR count). The van der Waals surface area contributed by atoms with Crippen LogP contribution in [0.2, 0.25) is 0 Å². The summed E-state index contributed by atoms with van der Waals surface area (Å²) in [6, 6.07) is 5.17. The molecule has 18 heavy (non-hydrogen) atoms. The Morgan fingerprint density at radius 1 is 1.39 bits per heavy atom. The number of hydrogen-bond acceptors (Lipinski definition) is 5. The van der Waals surface area contributed by atoms with Crippen LogP contribution in [0.4, 0.5) is 5.69 Å². The Labute approximate surface area is 115 Å². The van der Waals surface area contributed by atoms with E-state index in [0.29, 0.717) is 5.69 Å². The summed E-state index contributed by atoms with van der Waals surface area (Å²) in [4.78, 5) is 1.02. The zero-order valence-electron chi connectivity index (χ0n) is 10.0.